The number of nitrogens with one attached hydrogen (secondary N) is 1. The molecule has 0 unspecified atom stereocenters. The zero-order valence-electron chi connectivity index (χ0n) is 10.7. The Hall–Kier alpha value is -2.75. The Kier molecular flexibility index (Phi) is 3.83. The fraction of sp³-hybridized carbons (Fsp3) is 0.0588. The van der Waals surface area contributed by atoms with Crippen LogP contribution in [0.15, 0.2) is 71.2 Å². The summed E-state index contributed by atoms with van der Waals surface area (Å²) in [5.74, 6) is 0. The van der Waals surface area contributed by atoms with Gasteiger partial charge in [0, 0.05) is 16.8 Å². The molecular formula is C17H14N2. The van der Waals surface area contributed by atoms with Gasteiger partial charge in [0.1, 0.15) is 0 Å². The molecule has 0 radical (unpaired) electrons. The first-order chi connectivity index (χ1) is 9.18. The van der Waals surface area contributed by atoms with Crippen LogP contribution in [0.2, 0.25) is 0 Å². The predicted molar refractivity (Wildman–Crippen MR) is 77.7 cm³/mol. The molecule has 0 bridgehead atoms. The van der Waals surface area contributed by atoms with Gasteiger partial charge >= 0.3 is 0 Å². The number of rotatable bonds is 3. The lowest BCUT2D eigenvalue weighted by Gasteiger charge is -2.05. The van der Waals surface area contributed by atoms with Crippen LogP contribution in [0.3, 0.4) is 0 Å². The summed E-state index contributed by atoms with van der Waals surface area (Å²) in [5.41, 5.74) is 12.5. The van der Waals surface area contributed by atoms with Crippen LogP contribution in [0.25, 0.3) is 0 Å². The minimum atomic E-state index is 0.314. The average Bonchev–Trinajstić information content (AvgIpc) is 2.64. The lowest BCUT2D eigenvalue weighted by atomic mass is 10.0. The largest absolute Gasteiger partial charge is 0.398 e. The van der Waals surface area contributed by atoms with Crippen molar-refractivity contribution in [1.29, 1.82) is 5.41 Å². The lowest BCUT2D eigenvalue weighted by molar-refractivity contribution is 1.29. The maximum absolute atomic E-state index is 8.01. The Balaban J connectivity index is 2.30. The molecule has 1 aliphatic carbocycles. The maximum Gasteiger partial charge on any atom is 0.0717 e. The van der Waals surface area contributed by atoms with Crippen LogP contribution in [-0.2, 0) is 0 Å². The molecule has 1 aromatic carbocycles. The van der Waals surface area contributed by atoms with E-state index < -0.39 is 0 Å². The van der Waals surface area contributed by atoms with E-state index in [-0.39, 0.29) is 0 Å². The zero-order chi connectivity index (χ0) is 13.7. The summed E-state index contributed by atoms with van der Waals surface area (Å²) in [6.45, 7) is 1.97. The summed E-state index contributed by atoms with van der Waals surface area (Å²) < 4.78 is 0. The molecule has 0 saturated carbocycles. The smallest absolute Gasteiger partial charge is 0.0717 e. The summed E-state index contributed by atoms with van der Waals surface area (Å²) in [6, 6.07) is 11.1. The number of nitrogens with two attached hydrogens (primary N) is 1. The minimum Gasteiger partial charge on any atom is -0.398 e. The fourth-order valence-corrected chi connectivity index (χ4v) is 1.71. The molecule has 2 rings (SSSR count). The average molecular weight is 246 g/mol. The maximum atomic E-state index is 8.01. The van der Waals surface area contributed by atoms with Gasteiger partial charge < -0.3 is 5.73 Å². The van der Waals surface area contributed by atoms with Gasteiger partial charge in [-0.1, -0.05) is 36.4 Å². The van der Waals surface area contributed by atoms with Crippen molar-refractivity contribution < 1.29 is 0 Å². The van der Waals surface area contributed by atoms with Crippen molar-refractivity contribution in [1.82, 2.24) is 0 Å². The second-order valence-electron chi connectivity index (χ2n) is 4.14. The van der Waals surface area contributed by atoms with Gasteiger partial charge in [-0.2, -0.15) is 0 Å². The molecule has 0 aliphatic heterocycles. The van der Waals surface area contributed by atoms with Gasteiger partial charge in [-0.05, 0) is 36.8 Å². The predicted octanol–water partition coefficient (Wildman–Crippen LogP) is 3.10. The summed E-state index contributed by atoms with van der Waals surface area (Å²) in [7, 11) is 0. The topological polar surface area (TPSA) is 49.9 Å². The van der Waals surface area contributed by atoms with E-state index in [2.05, 4.69) is 17.9 Å². The Morgan fingerprint density at radius 3 is 2.95 bits per heavy atom. The van der Waals surface area contributed by atoms with Crippen molar-refractivity contribution in [2.45, 2.75) is 6.92 Å². The van der Waals surface area contributed by atoms with Crippen molar-refractivity contribution in [2.24, 2.45) is 5.73 Å². The first-order valence-electron chi connectivity index (χ1n) is 5.94. The molecule has 19 heavy (non-hydrogen) atoms. The molecule has 0 heterocycles. The second-order valence-corrected chi connectivity index (χ2v) is 4.14. The van der Waals surface area contributed by atoms with E-state index in [0.717, 1.165) is 11.1 Å². The van der Waals surface area contributed by atoms with Crippen molar-refractivity contribution in [2.75, 3.05) is 0 Å². The summed E-state index contributed by atoms with van der Waals surface area (Å²) >= 11 is 0. The Bertz CT molecular complexity index is 637. The molecule has 0 atom stereocenters. The number of hydrogen-bond acceptors (Lipinski definition) is 2. The van der Waals surface area contributed by atoms with E-state index in [1.165, 1.54) is 0 Å². The number of allylic oxidation sites excluding steroid dienone is 5. The third kappa shape index (κ3) is 3.13. The molecule has 1 aliphatic rings. The van der Waals surface area contributed by atoms with Gasteiger partial charge in [-0.3, -0.25) is 5.41 Å². The fourth-order valence-electron chi connectivity index (χ4n) is 1.71. The quantitative estimate of drug-likeness (QED) is 0.625. The second kappa shape index (κ2) is 5.73. The molecule has 92 valence electrons. The Morgan fingerprint density at radius 2 is 2.21 bits per heavy atom. The highest BCUT2D eigenvalue weighted by atomic mass is 14.6. The van der Waals surface area contributed by atoms with Crippen LogP contribution in [0, 0.1) is 17.5 Å². The van der Waals surface area contributed by atoms with Gasteiger partial charge in [-0.15, -0.1) is 5.73 Å². The van der Waals surface area contributed by atoms with E-state index >= 15 is 0 Å². The SMILES string of the molecule is CC1=CC=CC=C=C1/C(N)=C/C(=N)c1c#cccc1. The highest BCUT2D eigenvalue weighted by Gasteiger charge is 2.05. The van der Waals surface area contributed by atoms with E-state index in [9.17, 15) is 0 Å². The molecule has 1 aromatic rings. The molecule has 0 fully saturated rings. The minimum absolute atomic E-state index is 0.314. The van der Waals surface area contributed by atoms with E-state index in [1.807, 2.05) is 43.4 Å². The first kappa shape index (κ1) is 12.7. The van der Waals surface area contributed by atoms with Gasteiger partial charge in [-0.25, -0.2) is 0 Å². The van der Waals surface area contributed by atoms with Crippen molar-refractivity contribution in [3.63, 3.8) is 0 Å². The molecule has 3 N–H and O–H groups in total. The van der Waals surface area contributed by atoms with Crippen LogP contribution >= 0.6 is 0 Å². The molecule has 0 saturated heterocycles. The first-order valence-corrected chi connectivity index (χ1v) is 5.94. The Morgan fingerprint density at radius 1 is 1.37 bits per heavy atom. The third-order valence-corrected chi connectivity index (χ3v) is 2.70. The van der Waals surface area contributed by atoms with Crippen LogP contribution in [0.5, 0.6) is 0 Å². The molecule has 2 nitrogen and oxygen atoms in total. The van der Waals surface area contributed by atoms with Gasteiger partial charge in [0.2, 0.25) is 0 Å². The van der Waals surface area contributed by atoms with Crippen molar-refractivity contribution >= 4 is 5.71 Å². The molecule has 0 amide bonds. The molecule has 2 heteroatoms. The highest BCUT2D eigenvalue weighted by Crippen LogP contribution is 2.16. The lowest BCUT2D eigenvalue weighted by Crippen LogP contribution is -2.06. The van der Waals surface area contributed by atoms with Crippen molar-refractivity contribution in [3.8, 4) is 0 Å². The zero-order valence-corrected chi connectivity index (χ0v) is 10.7. The summed E-state index contributed by atoms with van der Waals surface area (Å²) in [5, 5.41) is 8.01. The van der Waals surface area contributed by atoms with Crippen molar-refractivity contribution in [3.05, 3.63) is 88.8 Å². The normalized spacial score (nSPS) is 14.3. The summed E-state index contributed by atoms with van der Waals surface area (Å²) in [6.07, 6.45) is 9.25. The van der Waals surface area contributed by atoms with Gasteiger partial charge in [0.25, 0.3) is 0 Å². The van der Waals surface area contributed by atoms with Crippen LogP contribution in [-0.4, -0.2) is 5.71 Å². The monoisotopic (exact) mass is 246 g/mol. The van der Waals surface area contributed by atoms with E-state index in [4.69, 9.17) is 11.1 Å². The number of hydrogen-bond donors (Lipinski definition) is 2. The third-order valence-electron chi connectivity index (χ3n) is 2.70. The summed E-state index contributed by atoms with van der Waals surface area (Å²) in [4.78, 5) is 0. The standard InChI is InChI=1S/C17H14N2/c1-13-8-4-2-7-11-15(13)17(19)12-16(18)14-9-5-3-6-10-14/h2-5,7-9,12,18H,19H2,1H3/b17-12-,18-16?. The Labute approximate surface area is 113 Å². The highest BCUT2D eigenvalue weighted by molar-refractivity contribution is 6.06. The van der Waals surface area contributed by atoms with Gasteiger partial charge in [0.15, 0.2) is 0 Å². The molecule has 0 spiro atoms. The van der Waals surface area contributed by atoms with Crippen LogP contribution in [0.1, 0.15) is 12.5 Å². The van der Waals surface area contributed by atoms with Crippen LogP contribution < -0.4 is 5.73 Å². The van der Waals surface area contributed by atoms with Crippen LogP contribution in [0.4, 0.5) is 0 Å². The van der Waals surface area contributed by atoms with Gasteiger partial charge in [0.05, 0.1) is 5.71 Å². The van der Waals surface area contributed by atoms with E-state index in [1.54, 1.807) is 12.1 Å². The molecular weight excluding hydrogens is 232 g/mol. The molecule has 0 aromatic heterocycles. The van der Waals surface area contributed by atoms with E-state index in [0.29, 0.717) is 17.0 Å².